The van der Waals surface area contributed by atoms with Crippen LogP contribution in [0.25, 0.3) is 0 Å². The van der Waals surface area contributed by atoms with Gasteiger partial charge in [-0.1, -0.05) is 0 Å². The second-order valence-electron chi connectivity index (χ2n) is 9.27. The summed E-state index contributed by atoms with van der Waals surface area (Å²) < 4.78 is 39.4. The minimum atomic E-state index is -4.73. The van der Waals surface area contributed by atoms with Crippen LogP contribution in [0.3, 0.4) is 0 Å². The number of carbonyl (C=O) groups excluding carboxylic acids is 2. The maximum Gasteiger partial charge on any atom is 0.421 e. The zero-order chi connectivity index (χ0) is 26.6. The Balaban J connectivity index is 1.26. The Kier molecular flexibility index (Phi) is 8.10. The van der Waals surface area contributed by atoms with Crippen LogP contribution in [0.2, 0.25) is 0 Å². The molecule has 0 aliphatic carbocycles. The number of nitrogens with zero attached hydrogens (tertiary/aromatic N) is 5. The highest BCUT2D eigenvalue weighted by Gasteiger charge is 2.35. The van der Waals surface area contributed by atoms with Gasteiger partial charge in [0.2, 0.25) is 5.91 Å². The summed E-state index contributed by atoms with van der Waals surface area (Å²) in [5, 5.41) is 8.37. The monoisotopic (exact) mass is 521 g/mol. The van der Waals surface area contributed by atoms with Gasteiger partial charge in [0.25, 0.3) is 11.5 Å². The van der Waals surface area contributed by atoms with Gasteiger partial charge in [0, 0.05) is 58.7 Å². The van der Waals surface area contributed by atoms with Crippen LogP contribution >= 0.6 is 0 Å². The van der Waals surface area contributed by atoms with Gasteiger partial charge in [-0.25, -0.2) is 10.1 Å². The van der Waals surface area contributed by atoms with E-state index in [9.17, 15) is 27.6 Å². The number of hydrogen-bond acceptors (Lipinski definition) is 7. The maximum absolute atomic E-state index is 13.1. The van der Waals surface area contributed by atoms with Crippen molar-refractivity contribution in [2.75, 3.05) is 57.8 Å². The summed E-state index contributed by atoms with van der Waals surface area (Å²) >= 11 is 0. The van der Waals surface area contributed by atoms with Gasteiger partial charge in [0.05, 0.1) is 17.6 Å². The van der Waals surface area contributed by atoms with E-state index in [1.54, 1.807) is 19.3 Å². The molecule has 4 rings (SSSR count). The fourth-order valence-electron chi connectivity index (χ4n) is 4.80. The predicted molar refractivity (Wildman–Crippen MR) is 129 cm³/mol. The van der Waals surface area contributed by atoms with Gasteiger partial charge in [-0.3, -0.25) is 14.4 Å². The Hall–Kier alpha value is -3.48. The van der Waals surface area contributed by atoms with Crippen LogP contribution in [0.5, 0.6) is 0 Å². The van der Waals surface area contributed by atoms with Crippen LogP contribution < -0.4 is 15.8 Å². The van der Waals surface area contributed by atoms with Gasteiger partial charge in [-0.05, 0) is 37.6 Å². The summed E-state index contributed by atoms with van der Waals surface area (Å²) in [6, 6.07) is 4.36. The first kappa shape index (κ1) is 26.6. The van der Waals surface area contributed by atoms with Gasteiger partial charge in [0.1, 0.15) is 11.3 Å². The summed E-state index contributed by atoms with van der Waals surface area (Å²) in [7, 11) is 1.55. The zero-order valence-corrected chi connectivity index (χ0v) is 20.6. The van der Waals surface area contributed by atoms with Crippen molar-refractivity contribution in [3.8, 4) is 0 Å². The molecule has 4 heterocycles. The van der Waals surface area contributed by atoms with Crippen molar-refractivity contribution in [3.05, 3.63) is 51.7 Å². The number of carbonyl (C=O) groups is 2. The first-order chi connectivity index (χ1) is 17.7. The standard InChI is InChI=1S/C24H30F3N7O3/c1-28-23(37)19-5-4-17(14-29-19)33-9-11-34(12-10-33)21(35)6-8-32-7-2-3-16(15-32)20-13-18(24(25,26)27)22(36)31-30-20/h4-5,13-14,16H,2-3,6-12,15H2,1H3,(H,28,37)(H,31,36). The molecule has 2 fully saturated rings. The smallest absolute Gasteiger partial charge is 0.367 e. The van der Waals surface area contributed by atoms with Gasteiger partial charge < -0.3 is 20.0 Å². The van der Waals surface area contributed by atoms with E-state index in [2.05, 4.69) is 25.2 Å². The fourth-order valence-corrected chi connectivity index (χ4v) is 4.80. The summed E-state index contributed by atoms with van der Waals surface area (Å²) in [6.07, 6.45) is -1.32. The highest BCUT2D eigenvalue weighted by molar-refractivity contribution is 5.92. The van der Waals surface area contributed by atoms with Crippen LogP contribution in [0.4, 0.5) is 18.9 Å². The van der Waals surface area contributed by atoms with Crippen molar-refractivity contribution < 1.29 is 22.8 Å². The molecule has 1 atom stereocenters. The SMILES string of the molecule is CNC(=O)c1ccc(N2CCN(C(=O)CCN3CCCC(c4cc(C(F)(F)F)c(=O)[nH]n4)C3)CC2)cn1. The van der Waals surface area contributed by atoms with Crippen molar-refractivity contribution in [2.45, 2.75) is 31.4 Å². The highest BCUT2D eigenvalue weighted by Crippen LogP contribution is 2.30. The van der Waals surface area contributed by atoms with Crippen LogP contribution in [0, 0.1) is 0 Å². The van der Waals surface area contributed by atoms with Crippen molar-refractivity contribution in [1.29, 1.82) is 0 Å². The number of piperazine rings is 1. The van der Waals surface area contributed by atoms with E-state index >= 15 is 0 Å². The molecule has 2 aliphatic heterocycles. The largest absolute Gasteiger partial charge is 0.421 e. The number of pyridine rings is 1. The number of nitrogens with one attached hydrogen (secondary N) is 2. The normalized spacial score (nSPS) is 19.1. The van der Waals surface area contributed by atoms with E-state index in [-0.39, 0.29) is 23.4 Å². The molecule has 0 aromatic carbocycles. The molecule has 2 saturated heterocycles. The number of H-pyrrole nitrogens is 1. The Morgan fingerprint density at radius 3 is 2.57 bits per heavy atom. The van der Waals surface area contributed by atoms with E-state index in [1.165, 1.54) is 0 Å². The van der Waals surface area contributed by atoms with Crippen LogP contribution in [-0.2, 0) is 11.0 Å². The minimum Gasteiger partial charge on any atom is -0.367 e. The second kappa shape index (κ2) is 11.3. The summed E-state index contributed by atoms with van der Waals surface area (Å²) in [4.78, 5) is 46.2. The van der Waals surface area contributed by atoms with E-state index in [4.69, 9.17) is 0 Å². The fraction of sp³-hybridized carbons (Fsp3) is 0.542. The van der Waals surface area contributed by atoms with Gasteiger partial charge in [-0.2, -0.15) is 18.3 Å². The molecule has 2 aromatic rings. The predicted octanol–water partition coefficient (Wildman–Crippen LogP) is 1.46. The van der Waals surface area contributed by atoms with Crippen molar-refractivity contribution >= 4 is 17.5 Å². The summed E-state index contributed by atoms with van der Waals surface area (Å²) in [6.45, 7) is 4.19. The lowest BCUT2D eigenvalue weighted by molar-refractivity contribution is -0.139. The molecule has 13 heteroatoms. The number of aromatic nitrogens is 3. The number of piperidine rings is 1. The maximum atomic E-state index is 13.1. The number of anilines is 1. The Morgan fingerprint density at radius 2 is 1.92 bits per heavy atom. The van der Waals surface area contributed by atoms with E-state index < -0.39 is 17.3 Å². The lowest BCUT2D eigenvalue weighted by Gasteiger charge is -2.37. The summed E-state index contributed by atoms with van der Waals surface area (Å²) in [5.74, 6) is -0.451. The molecule has 2 amide bonds. The van der Waals surface area contributed by atoms with E-state index in [0.717, 1.165) is 24.7 Å². The number of likely N-dealkylation sites (tertiary alicyclic amines) is 1. The molecule has 2 aliphatic rings. The van der Waals surface area contributed by atoms with Crippen molar-refractivity contribution in [2.24, 2.45) is 0 Å². The minimum absolute atomic E-state index is 0.0383. The summed E-state index contributed by atoms with van der Waals surface area (Å²) in [5.41, 5.74) is -1.02. The number of amides is 2. The average Bonchev–Trinajstić information content (AvgIpc) is 2.91. The number of alkyl halides is 3. The Morgan fingerprint density at radius 1 is 1.16 bits per heavy atom. The molecule has 0 radical (unpaired) electrons. The lowest BCUT2D eigenvalue weighted by Crippen LogP contribution is -2.49. The first-order valence-corrected chi connectivity index (χ1v) is 12.3. The zero-order valence-electron chi connectivity index (χ0n) is 20.6. The van der Waals surface area contributed by atoms with Crippen molar-refractivity contribution in [3.63, 3.8) is 0 Å². The quantitative estimate of drug-likeness (QED) is 0.592. The highest BCUT2D eigenvalue weighted by atomic mass is 19.4. The molecular weight excluding hydrogens is 491 g/mol. The van der Waals surface area contributed by atoms with Gasteiger partial charge >= 0.3 is 6.18 Å². The Bertz CT molecular complexity index is 1160. The molecule has 200 valence electrons. The Labute approximate surface area is 211 Å². The van der Waals surface area contributed by atoms with Crippen LogP contribution in [-0.4, -0.2) is 89.7 Å². The van der Waals surface area contributed by atoms with E-state index in [1.807, 2.05) is 16.1 Å². The molecule has 0 spiro atoms. The molecule has 10 nitrogen and oxygen atoms in total. The van der Waals surface area contributed by atoms with Crippen LogP contribution in [0.15, 0.2) is 29.2 Å². The molecule has 2 aromatic heterocycles. The first-order valence-electron chi connectivity index (χ1n) is 12.3. The van der Waals surface area contributed by atoms with Crippen molar-refractivity contribution in [1.82, 2.24) is 30.3 Å². The molecule has 0 saturated carbocycles. The molecule has 1 unspecified atom stereocenters. The van der Waals surface area contributed by atoms with E-state index in [0.29, 0.717) is 57.8 Å². The molecule has 2 N–H and O–H groups in total. The molecule has 0 bridgehead atoms. The number of hydrogen-bond donors (Lipinski definition) is 2. The molecular formula is C24H30F3N7O3. The average molecular weight is 522 g/mol. The van der Waals surface area contributed by atoms with Gasteiger partial charge in [-0.15, -0.1) is 0 Å². The molecule has 37 heavy (non-hydrogen) atoms. The number of halogens is 3. The number of aromatic amines is 1. The second-order valence-corrected chi connectivity index (χ2v) is 9.27. The van der Waals surface area contributed by atoms with Crippen LogP contribution in [0.1, 0.15) is 46.9 Å². The third kappa shape index (κ3) is 6.45. The third-order valence-corrected chi connectivity index (χ3v) is 6.90. The number of rotatable bonds is 6. The third-order valence-electron chi connectivity index (χ3n) is 6.90. The van der Waals surface area contributed by atoms with Gasteiger partial charge in [0.15, 0.2) is 0 Å². The lowest BCUT2D eigenvalue weighted by atomic mass is 9.93. The topological polar surface area (TPSA) is 115 Å².